The highest BCUT2D eigenvalue weighted by Gasteiger charge is 2.19. The lowest BCUT2D eigenvalue weighted by molar-refractivity contribution is -0.167. The molecule has 0 rings (SSSR count). The molecule has 0 aliphatic rings. The zero-order chi connectivity index (χ0) is 50.0. The Balaban J connectivity index is 4.37. The van der Waals surface area contributed by atoms with Gasteiger partial charge in [-0.05, 0) is 83.5 Å². The molecule has 0 fully saturated rings. The summed E-state index contributed by atoms with van der Waals surface area (Å²) in [6.45, 7) is 6.62. The van der Waals surface area contributed by atoms with Crippen LogP contribution in [0.25, 0.3) is 0 Å². The quantitative estimate of drug-likeness (QED) is 0.0262. The molecule has 69 heavy (non-hydrogen) atoms. The van der Waals surface area contributed by atoms with Crippen molar-refractivity contribution in [1.29, 1.82) is 0 Å². The van der Waals surface area contributed by atoms with Crippen molar-refractivity contribution in [2.45, 2.75) is 322 Å². The Morgan fingerprint density at radius 2 is 0.522 bits per heavy atom. The SMILES string of the molecule is CCCCC/C=C/C/C=C/CCCCCCCCCC(=O)OC[C@@H](COC(=O)CCCCCCCCCCCCCCCCCCC)OC(=O)CCCCCCCCC/C=C/C/C=C/CCCCC. The fraction of sp³-hybridized carbons (Fsp3) is 0.825. The highest BCUT2D eigenvalue weighted by Crippen LogP contribution is 2.16. The minimum atomic E-state index is -0.779. The Morgan fingerprint density at radius 1 is 0.290 bits per heavy atom. The largest absolute Gasteiger partial charge is 0.462 e. The second kappa shape index (κ2) is 57.9. The van der Waals surface area contributed by atoms with E-state index in [1.54, 1.807) is 0 Å². The first kappa shape index (κ1) is 66.4. The predicted octanol–water partition coefficient (Wildman–Crippen LogP) is 20.2. The monoisotopic (exact) mass is 967 g/mol. The lowest BCUT2D eigenvalue weighted by Gasteiger charge is -2.18. The third-order valence-corrected chi connectivity index (χ3v) is 13.3. The number of allylic oxidation sites excluding steroid dienone is 8. The maximum absolute atomic E-state index is 12.9. The summed E-state index contributed by atoms with van der Waals surface area (Å²) in [6.07, 6.45) is 71.0. The molecular formula is C63H114O6. The van der Waals surface area contributed by atoms with E-state index >= 15 is 0 Å². The fourth-order valence-electron chi connectivity index (χ4n) is 8.74. The van der Waals surface area contributed by atoms with Crippen LogP contribution in [0, 0.1) is 0 Å². The van der Waals surface area contributed by atoms with Crippen LogP contribution in [-0.2, 0) is 28.6 Å². The summed E-state index contributed by atoms with van der Waals surface area (Å²) >= 11 is 0. The molecule has 1 atom stereocenters. The molecule has 0 saturated heterocycles. The zero-order valence-electron chi connectivity index (χ0n) is 46.1. The van der Waals surface area contributed by atoms with Crippen LogP contribution in [0.2, 0.25) is 0 Å². The van der Waals surface area contributed by atoms with E-state index in [1.165, 1.54) is 193 Å². The average Bonchev–Trinajstić information content (AvgIpc) is 3.35. The maximum Gasteiger partial charge on any atom is 0.306 e. The summed E-state index contributed by atoms with van der Waals surface area (Å²) in [7, 11) is 0. The van der Waals surface area contributed by atoms with E-state index in [-0.39, 0.29) is 31.1 Å². The van der Waals surface area contributed by atoms with Gasteiger partial charge in [-0.15, -0.1) is 0 Å². The van der Waals surface area contributed by atoms with Gasteiger partial charge in [-0.3, -0.25) is 14.4 Å². The number of esters is 3. The van der Waals surface area contributed by atoms with Gasteiger partial charge in [-0.25, -0.2) is 0 Å². The smallest absolute Gasteiger partial charge is 0.306 e. The molecule has 0 unspecified atom stereocenters. The molecule has 0 aliphatic carbocycles. The van der Waals surface area contributed by atoms with Crippen LogP contribution in [0.4, 0.5) is 0 Å². The molecule has 0 radical (unpaired) electrons. The number of carbonyl (C=O) groups excluding carboxylic acids is 3. The Bertz CT molecular complexity index is 1200. The van der Waals surface area contributed by atoms with Crippen molar-refractivity contribution in [3.63, 3.8) is 0 Å². The molecule has 6 heteroatoms. The third-order valence-electron chi connectivity index (χ3n) is 13.3. The van der Waals surface area contributed by atoms with E-state index in [9.17, 15) is 14.4 Å². The van der Waals surface area contributed by atoms with E-state index in [4.69, 9.17) is 14.2 Å². The summed E-state index contributed by atoms with van der Waals surface area (Å²) in [5, 5.41) is 0. The molecule has 0 saturated carbocycles. The first-order valence-electron chi connectivity index (χ1n) is 30.1. The second-order valence-electron chi connectivity index (χ2n) is 20.3. The highest BCUT2D eigenvalue weighted by molar-refractivity contribution is 5.71. The zero-order valence-corrected chi connectivity index (χ0v) is 46.1. The lowest BCUT2D eigenvalue weighted by atomic mass is 10.0. The molecule has 0 amide bonds. The number of hydrogen-bond donors (Lipinski definition) is 0. The first-order valence-corrected chi connectivity index (χ1v) is 30.1. The second-order valence-corrected chi connectivity index (χ2v) is 20.3. The van der Waals surface area contributed by atoms with Crippen molar-refractivity contribution in [3.05, 3.63) is 48.6 Å². The van der Waals surface area contributed by atoms with Crippen LogP contribution >= 0.6 is 0 Å². The van der Waals surface area contributed by atoms with Gasteiger partial charge in [0.2, 0.25) is 0 Å². The van der Waals surface area contributed by atoms with Crippen molar-refractivity contribution < 1.29 is 28.6 Å². The average molecular weight is 968 g/mol. The molecule has 0 bridgehead atoms. The van der Waals surface area contributed by atoms with Crippen molar-refractivity contribution in [2.24, 2.45) is 0 Å². The van der Waals surface area contributed by atoms with Gasteiger partial charge >= 0.3 is 17.9 Å². The number of hydrogen-bond acceptors (Lipinski definition) is 6. The Labute approximate surface area is 428 Å². The number of ether oxygens (including phenoxy) is 3. The van der Waals surface area contributed by atoms with E-state index < -0.39 is 6.10 Å². The standard InChI is InChI=1S/C63H114O6/c1-4-7-10-13-16-19-22-25-28-31-34-37-40-43-46-49-52-55-61(64)67-58-60(69-63(66)57-54-51-48-45-42-39-36-33-30-27-24-21-18-15-12-9-6-3)59-68-62(65)56-53-50-47-44-41-38-35-32-29-26-23-20-17-14-11-8-5-2/h16,18-19,21,25,27-28,30,60H,4-15,17,20,22-24,26,29,31-59H2,1-3H3/b19-16+,21-18+,28-25+,30-27+/t60-/m0/s1. The molecule has 0 aromatic rings. The van der Waals surface area contributed by atoms with Crippen molar-refractivity contribution in [3.8, 4) is 0 Å². The fourth-order valence-corrected chi connectivity index (χ4v) is 8.74. The number of rotatable bonds is 55. The maximum atomic E-state index is 12.9. The molecular weight excluding hydrogens is 853 g/mol. The topological polar surface area (TPSA) is 78.9 Å². The Morgan fingerprint density at radius 3 is 0.826 bits per heavy atom. The summed E-state index contributed by atoms with van der Waals surface area (Å²) in [4.78, 5) is 38.2. The third kappa shape index (κ3) is 56.2. The summed E-state index contributed by atoms with van der Waals surface area (Å²) < 4.78 is 16.9. The lowest BCUT2D eigenvalue weighted by Crippen LogP contribution is -2.30. The van der Waals surface area contributed by atoms with Crippen molar-refractivity contribution in [1.82, 2.24) is 0 Å². The molecule has 6 nitrogen and oxygen atoms in total. The van der Waals surface area contributed by atoms with Gasteiger partial charge in [0.15, 0.2) is 6.10 Å². The van der Waals surface area contributed by atoms with Crippen LogP contribution in [0.1, 0.15) is 316 Å². The molecule has 0 heterocycles. The van der Waals surface area contributed by atoms with Gasteiger partial charge in [-0.2, -0.15) is 0 Å². The van der Waals surface area contributed by atoms with E-state index in [0.29, 0.717) is 19.3 Å². The summed E-state index contributed by atoms with van der Waals surface area (Å²) in [5.41, 5.74) is 0. The van der Waals surface area contributed by atoms with Gasteiger partial charge in [0.1, 0.15) is 13.2 Å². The van der Waals surface area contributed by atoms with Gasteiger partial charge in [0.05, 0.1) is 0 Å². The van der Waals surface area contributed by atoms with Crippen molar-refractivity contribution >= 4 is 17.9 Å². The van der Waals surface area contributed by atoms with E-state index in [2.05, 4.69) is 69.4 Å². The minimum Gasteiger partial charge on any atom is -0.462 e. The van der Waals surface area contributed by atoms with Gasteiger partial charge < -0.3 is 14.2 Å². The van der Waals surface area contributed by atoms with Crippen LogP contribution in [0.15, 0.2) is 48.6 Å². The molecule has 0 spiro atoms. The van der Waals surface area contributed by atoms with Gasteiger partial charge in [0, 0.05) is 19.3 Å². The molecule has 402 valence electrons. The molecule has 0 aromatic carbocycles. The van der Waals surface area contributed by atoms with E-state index in [0.717, 1.165) is 83.5 Å². The highest BCUT2D eigenvalue weighted by atomic mass is 16.6. The van der Waals surface area contributed by atoms with Crippen LogP contribution in [0.3, 0.4) is 0 Å². The Kier molecular flexibility index (Phi) is 55.7. The molecule has 0 N–H and O–H groups in total. The summed E-state index contributed by atoms with van der Waals surface area (Å²) in [6, 6.07) is 0. The summed E-state index contributed by atoms with van der Waals surface area (Å²) in [5.74, 6) is -0.874. The van der Waals surface area contributed by atoms with E-state index in [1.807, 2.05) is 0 Å². The van der Waals surface area contributed by atoms with Crippen LogP contribution < -0.4 is 0 Å². The first-order chi connectivity index (χ1) is 34.0. The van der Waals surface area contributed by atoms with Gasteiger partial charge in [0.25, 0.3) is 0 Å². The van der Waals surface area contributed by atoms with Crippen LogP contribution in [-0.4, -0.2) is 37.2 Å². The van der Waals surface area contributed by atoms with Gasteiger partial charge in [-0.1, -0.05) is 262 Å². The molecule has 0 aliphatic heterocycles. The predicted molar refractivity (Wildman–Crippen MR) is 298 cm³/mol. The normalized spacial score (nSPS) is 12.3. The molecule has 0 aromatic heterocycles. The number of unbranched alkanes of at least 4 members (excludes halogenated alkanes) is 36. The van der Waals surface area contributed by atoms with Crippen molar-refractivity contribution in [2.75, 3.05) is 13.2 Å². The minimum absolute atomic E-state index is 0.0757. The Hall–Kier alpha value is -2.63. The number of carbonyl (C=O) groups is 3. The van der Waals surface area contributed by atoms with Crippen LogP contribution in [0.5, 0.6) is 0 Å².